The topological polar surface area (TPSA) is 31.7 Å². The van der Waals surface area contributed by atoms with Gasteiger partial charge in [0.05, 0.1) is 11.3 Å². The molecule has 35 heavy (non-hydrogen) atoms. The smallest absolute Gasteiger partial charge is 0.246 e. The van der Waals surface area contributed by atoms with Crippen molar-refractivity contribution in [3.05, 3.63) is 97.1 Å². The first kappa shape index (κ1) is 20.3. The molecule has 7 rings (SSSR count). The van der Waals surface area contributed by atoms with E-state index in [-0.39, 0.29) is 0 Å². The first-order valence-electron chi connectivity index (χ1n) is 12.4. The molecule has 5 heteroatoms. The van der Waals surface area contributed by atoms with E-state index in [1.165, 1.54) is 29.7 Å². The van der Waals surface area contributed by atoms with Gasteiger partial charge < -0.3 is 19.5 Å². The highest BCUT2D eigenvalue weighted by atomic mass is 16.3. The molecule has 1 fully saturated rings. The van der Waals surface area contributed by atoms with Crippen molar-refractivity contribution in [3.8, 4) is 0 Å². The van der Waals surface area contributed by atoms with Crippen LogP contribution in [0.15, 0.2) is 101 Å². The summed E-state index contributed by atoms with van der Waals surface area (Å²) < 4.78 is 6.45. The van der Waals surface area contributed by atoms with E-state index in [1.807, 2.05) is 6.07 Å². The number of hydrogen-bond acceptors (Lipinski definition) is 4. The van der Waals surface area contributed by atoms with Gasteiger partial charge in [0.25, 0.3) is 0 Å². The Kier molecular flexibility index (Phi) is 4.79. The Hall–Kier alpha value is -4.12. The average Bonchev–Trinajstić information content (AvgIpc) is 3.57. The fraction of sp³-hybridized carbons (Fsp3) is 0.133. The van der Waals surface area contributed by atoms with Crippen LogP contribution in [0.5, 0.6) is 0 Å². The van der Waals surface area contributed by atoms with Crippen molar-refractivity contribution in [1.82, 2.24) is 0 Å². The fourth-order valence-corrected chi connectivity index (χ4v) is 5.55. The zero-order valence-corrected chi connectivity index (χ0v) is 19.6. The second-order valence-corrected chi connectivity index (χ2v) is 9.39. The number of furan rings is 1. The predicted molar refractivity (Wildman–Crippen MR) is 148 cm³/mol. The Morgan fingerprint density at radius 2 is 1.46 bits per heavy atom. The molecule has 0 saturated carbocycles. The normalized spacial score (nSPS) is 14.5. The van der Waals surface area contributed by atoms with Crippen LogP contribution in [0.2, 0.25) is 0 Å². The van der Waals surface area contributed by atoms with E-state index >= 15 is 0 Å². The predicted octanol–water partition coefficient (Wildman–Crippen LogP) is 5.95. The van der Waals surface area contributed by atoms with E-state index < -0.39 is 0 Å². The van der Waals surface area contributed by atoms with E-state index in [0.29, 0.717) is 0 Å². The van der Waals surface area contributed by atoms with Gasteiger partial charge in [-0.05, 0) is 66.8 Å². The third-order valence-electron chi connectivity index (χ3n) is 7.19. The SMILES string of the molecule is B1c2oc3ccccc3c2N(c2ccccc2)c2cc(N3CCCC3)cc(Nc3ccccc3)c21. The summed E-state index contributed by atoms with van der Waals surface area (Å²) in [6.45, 7) is 2.21. The fourth-order valence-electron chi connectivity index (χ4n) is 5.55. The van der Waals surface area contributed by atoms with Gasteiger partial charge in [-0.3, -0.25) is 0 Å². The lowest BCUT2D eigenvalue weighted by Crippen LogP contribution is -2.40. The number of anilines is 6. The van der Waals surface area contributed by atoms with E-state index in [2.05, 4.69) is 106 Å². The van der Waals surface area contributed by atoms with Crippen molar-refractivity contribution in [3.63, 3.8) is 0 Å². The Bertz CT molecular complexity index is 1510. The van der Waals surface area contributed by atoms with Crippen LogP contribution < -0.4 is 26.2 Å². The molecule has 0 radical (unpaired) electrons. The molecule has 4 nitrogen and oxygen atoms in total. The lowest BCUT2D eigenvalue weighted by atomic mass is 9.63. The van der Waals surface area contributed by atoms with Gasteiger partial charge in [0, 0.05) is 46.9 Å². The minimum atomic E-state index is 0.748. The molecule has 1 aromatic heterocycles. The van der Waals surface area contributed by atoms with Crippen molar-refractivity contribution in [2.75, 3.05) is 28.2 Å². The Labute approximate surface area is 206 Å². The molecule has 1 saturated heterocycles. The maximum absolute atomic E-state index is 6.45. The van der Waals surface area contributed by atoms with E-state index in [9.17, 15) is 0 Å². The molecule has 2 aliphatic heterocycles. The van der Waals surface area contributed by atoms with Crippen molar-refractivity contribution in [2.24, 2.45) is 0 Å². The van der Waals surface area contributed by atoms with Crippen LogP contribution in [0, 0.1) is 0 Å². The summed E-state index contributed by atoms with van der Waals surface area (Å²) in [6, 6.07) is 34.2. The van der Waals surface area contributed by atoms with Gasteiger partial charge in [0.1, 0.15) is 5.58 Å². The van der Waals surface area contributed by atoms with Crippen molar-refractivity contribution in [2.45, 2.75) is 12.8 Å². The zero-order valence-electron chi connectivity index (χ0n) is 19.6. The molecule has 5 aromatic rings. The highest BCUT2D eigenvalue weighted by Crippen LogP contribution is 2.42. The second-order valence-electron chi connectivity index (χ2n) is 9.39. The average molecular weight is 455 g/mol. The van der Waals surface area contributed by atoms with Crippen LogP contribution in [-0.4, -0.2) is 20.4 Å². The third kappa shape index (κ3) is 3.47. The number of nitrogens with zero attached hydrogens (tertiary/aromatic N) is 2. The van der Waals surface area contributed by atoms with E-state index in [1.54, 1.807) is 0 Å². The van der Waals surface area contributed by atoms with Gasteiger partial charge in [-0.25, -0.2) is 0 Å². The van der Waals surface area contributed by atoms with Gasteiger partial charge >= 0.3 is 0 Å². The Morgan fingerprint density at radius 1 is 0.743 bits per heavy atom. The van der Waals surface area contributed by atoms with Crippen LogP contribution >= 0.6 is 0 Å². The highest BCUT2D eigenvalue weighted by Gasteiger charge is 2.33. The minimum Gasteiger partial charge on any atom is -0.469 e. The zero-order chi connectivity index (χ0) is 23.2. The van der Waals surface area contributed by atoms with Gasteiger partial charge in [-0.15, -0.1) is 0 Å². The third-order valence-corrected chi connectivity index (χ3v) is 7.19. The molecule has 4 aromatic carbocycles. The van der Waals surface area contributed by atoms with Gasteiger partial charge in [-0.2, -0.15) is 0 Å². The van der Waals surface area contributed by atoms with Crippen molar-refractivity contribution in [1.29, 1.82) is 0 Å². The first-order chi connectivity index (χ1) is 17.3. The molecule has 0 atom stereocenters. The van der Waals surface area contributed by atoms with Gasteiger partial charge in [0.15, 0.2) is 0 Å². The molecule has 1 N–H and O–H groups in total. The molecule has 0 aliphatic carbocycles. The molecule has 0 bridgehead atoms. The molecule has 170 valence electrons. The van der Waals surface area contributed by atoms with Crippen LogP contribution in [0.1, 0.15) is 12.8 Å². The largest absolute Gasteiger partial charge is 0.469 e. The quantitative estimate of drug-likeness (QED) is 0.333. The number of hydrogen-bond donors (Lipinski definition) is 1. The van der Waals surface area contributed by atoms with Crippen LogP contribution in [0.25, 0.3) is 11.0 Å². The number of para-hydroxylation sites is 3. The minimum absolute atomic E-state index is 0.748. The number of fused-ring (bicyclic) bond motifs is 4. The number of benzene rings is 4. The van der Waals surface area contributed by atoms with Crippen LogP contribution in [0.3, 0.4) is 0 Å². The lowest BCUT2D eigenvalue weighted by Gasteiger charge is -2.34. The Morgan fingerprint density at radius 3 is 2.26 bits per heavy atom. The molecule has 0 spiro atoms. The van der Waals surface area contributed by atoms with Crippen molar-refractivity contribution >= 4 is 63.5 Å². The highest BCUT2D eigenvalue weighted by molar-refractivity contribution is 6.73. The summed E-state index contributed by atoms with van der Waals surface area (Å²) >= 11 is 0. The molecule has 0 amide bonds. The summed E-state index contributed by atoms with van der Waals surface area (Å²) in [6.07, 6.45) is 2.49. The van der Waals surface area contributed by atoms with Gasteiger partial charge in [-0.1, -0.05) is 48.5 Å². The first-order valence-corrected chi connectivity index (χ1v) is 12.4. The maximum Gasteiger partial charge on any atom is 0.246 e. The standard InChI is InChI=1S/C30H26BN3O/c1-3-11-21(12-4-1)32-25-19-23(33-17-9-10-18-33)20-26-28(25)31-30-29(24-15-7-8-16-27(24)35-30)34(26)22-13-5-2-6-14-22/h1-8,11-16,19-20,31-32H,9-10,17-18H2. The Balaban J connectivity index is 1.48. The van der Waals surface area contributed by atoms with Crippen LogP contribution in [0.4, 0.5) is 34.1 Å². The number of nitrogens with one attached hydrogen (secondary N) is 1. The second kappa shape index (κ2) is 8.28. The lowest BCUT2D eigenvalue weighted by molar-refractivity contribution is 0.652. The summed E-state index contributed by atoms with van der Waals surface area (Å²) in [5, 5.41) is 4.89. The molecular weight excluding hydrogens is 429 g/mol. The summed E-state index contributed by atoms with van der Waals surface area (Å²) in [5.41, 5.74) is 10.2. The molecular formula is C30H26BN3O. The number of rotatable bonds is 4. The summed E-state index contributed by atoms with van der Waals surface area (Å²) in [4.78, 5) is 4.92. The van der Waals surface area contributed by atoms with Crippen LogP contribution in [-0.2, 0) is 0 Å². The summed E-state index contributed by atoms with van der Waals surface area (Å²) in [5.74, 6) is 0. The van der Waals surface area contributed by atoms with Gasteiger partial charge in [0.2, 0.25) is 7.28 Å². The van der Waals surface area contributed by atoms with E-state index in [4.69, 9.17) is 4.42 Å². The molecule has 0 unspecified atom stereocenters. The van der Waals surface area contributed by atoms with E-state index in [0.717, 1.165) is 59.7 Å². The van der Waals surface area contributed by atoms with Crippen molar-refractivity contribution < 1.29 is 4.42 Å². The monoisotopic (exact) mass is 455 g/mol. The molecule has 3 heterocycles. The molecule has 2 aliphatic rings. The maximum atomic E-state index is 6.45. The summed E-state index contributed by atoms with van der Waals surface area (Å²) in [7, 11) is 0.748.